The molecule has 2 aromatic carbocycles. The van der Waals surface area contributed by atoms with Gasteiger partial charge in [-0.1, -0.05) is 27.1 Å². The summed E-state index contributed by atoms with van der Waals surface area (Å²) in [4.78, 5) is 4.54. The Balaban J connectivity index is 1.96. The fraction of sp³-hybridized carbons (Fsp3) is 0.133. The van der Waals surface area contributed by atoms with Crippen molar-refractivity contribution in [3.8, 4) is 10.6 Å². The van der Waals surface area contributed by atoms with Crippen molar-refractivity contribution in [3.63, 3.8) is 0 Å². The average Bonchev–Trinajstić information content (AvgIpc) is 2.90. The number of hydrogen-bond donors (Lipinski definition) is 0. The van der Waals surface area contributed by atoms with Gasteiger partial charge in [-0.15, -0.1) is 11.3 Å². The summed E-state index contributed by atoms with van der Waals surface area (Å²) in [5, 5.41) is 0.739. The van der Waals surface area contributed by atoms with Crippen LogP contribution in [-0.2, 0) is 11.9 Å². The van der Waals surface area contributed by atoms with E-state index in [1.165, 1.54) is 29.0 Å². The number of fused-ring (bicyclic) bond motifs is 1. The molecule has 0 amide bonds. The van der Waals surface area contributed by atoms with Gasteiger partial charge < -0.3 is 0 Å². The first kappa shape index (κ1) is 16.1. The molecule has 0 atom stereocenters. The Labute approximate surface area is 145 Å². The van der Waals surface area contributed by atoms with E-state index in [1.807, 2.05) is 12.1 Å². The fourth-order valence-electron chi connectivity index (χ4n) is 2.05. The molecule has 7 heteroatoms. The van der Waals surface area contributed by atoms with Gasteiger partial charge in [-0.05, 0) is 51.0 Å². The van der Waals surface area contributed by atoms with Gasteiger partial charge in [0, 0.05) is 11.3 Å². The maximum absolute atomic E-state index is 12.6. The normalized spacial score (nSPS) is 12.0. The van der Waals surface area contributed by atoms with E-state index >= 15 is 0 Å². The van der Waals surface area contributed by atoms with E-state index in [9.17, 15) is 13.2 Å². The second-order valence-electron chi connectivity index (χ2n) is 4.65. The van der Waals surface area contributed by atoms with Gasteiger partial charge in [-0.3, -0.25) is 0 Å². The molecule has 0 saturated heterocycles. The number of alkyl halides is 3. The van der Waals surface area contributed by atoms with Crippen LogP contribution in [-0.4, -0.2) is 4.98 Å². The Morgan fingerprint density at radius 1 is 1.09 bits per heavy atom. The fourth-order valence-corrected chi connectivity index (χ4v) is 4.39. The lowest BCUT2D eigenvalue weighted by molar-refractivity contribution is -0.137. The van der Waals surface area contributed by atoms with Crippen molar-refractivity contribution in [2.45, 2.75) is 11.9 Å². The Bertz CT molecular complexity index is 797. The SMILES string of the molecule is FC(F)(F)c1ccc(-c2nc3cc(CSI)ccc3s2)cc1. The number of aromatic nitrogens is 1. The molecule has 1 nitrogen and oxygen atoms in total. The molecule has 0 spiro atoms. The highest BCUT2D eigenvalue weighted by molar-refractivity contribution is 14.2. The minimum Gasteiger partial charge on any atom is -0.236 e. The molecule has 0 aliphatic carbocycles. The van der Waals surface area contributed by atoms with Crippen LogP contribution < -0.4 is 0 Å². The second-order valence-corrected chi connectivity index (χ2v) is 8.06. The number of benzene rings is 2. The van der Waals surface area contributed by atoms with E-state index in [2.05, 4.69) is 32.3 Å². The number of halogens is 4. The summed E-state index contributed by atoms with van der Waals surface area (Å²) in [6.45, 7) is 0. The van der Waals surface area contributed by atoms with Crippen LogP contribution in [0.15, 0.2) is 42.5 Å². The highest BCUT2D eigenvalue weighted by Crippen LogP contribution is 2.34. The van der Waals surface area contributed by atoms with Crippen molar-refractivity contribution in [1.82, 2.24) is 4.98 Å². The molecule has 0 saturated carbocycles. The van der Waals surface area contributed by atoms with Crippen LogP contribution in [0.4, 0.5) is 13.2 Å². The molecule has 3 rings (SSSR count). The Kier molecular flexibility index (Phi) is 4.65. The second kappa shape index (κ2) is 6.37. The molecule has 0 bridgehead atoms. The van der Waals surface area contributed by atoms with Gasteiger partial charge in [0.05, 0.1) is 15.8 Å². The van der Waals surface area contributed by atoms with Crippen LogP contribution in [0.1, 0.15) is 11.1 Å². The average molecular weight is 451 g/mol. The smallest absolute Gasteiger partial charge is 0.236 e. The van der Waals surface area contributed by atoms with Crippen LogP contribution in [0.3, 0.4) is 0 Å². The molecule has 0 aliphatic heterocycles. The largest absolute Gasteiger partial charge is 0.416 e. The minimum atomic E-state index is -4.31. The lowest BCUT2D eigenvalue weighted by atomic mass is 10.1. The van der Waals surface area contributed by atoms with E-state index in [1.54, 1.807) is 8.93 Å². The first-order chi connectivity index (χ1) is 10.5. The minimum absolute atomic E-state index is 0.640. The molecule has 3 aromatic rings. The van der Waals surface area contributed by atoms with E-state index in [0.717, 1.165) is 33.1 Å². The summed E-state index contributed by atoms with van der Waals surface area (Å²) < 4.78 is 38.8. The molecular formula is C15H9F3INS2. The lowest BCUT2D eigenvalue weighted by Crippen LogP contribution is -2.03. The van der Waals surface area contributed by atoms with Gasteiger partial charge >= 0.3 is 6.18 Å². The summed E-state index contributed by atoms with van der Waals surface area (Å²) in [7, 11) is 1.71. The Hall–Kier alpha value is -0.800. The van der Waals surface area contributed by atoms with Crippen LogP contribution in [0.2, 0.25) is 0 Å². The third-order valence-electron chi connectivity index (χ3n) is 3.13. The molecule has 0 radical (unpaired) electrons. The van der Waals surface area contributed by atoms with Crippen molar-refractivity contribution >= 4 is 51.7 Å². The predicted molar refractivity (Wildman–Crippen MR) is 95.4 cm³/mol. The Morgan fingerprint density at radius 3 is 2.45 bits per heavy atom. The van der Waals surface area contributed by atoms with E-state index < -0.39 is 11.7 Å². The lowest BCUT2D eigenvalue weighted by Gasteiger charge is -2.06. The Morgan fingerprint density at radius 2 is 1.82 bits per heavy atom. The highest BCUT2D eigenvalue weighted by Gasteiger charge is 2.30. The summed E-state index contributed by atoms with van der Waals surface area (Å²) in [5.74, 6) is 0.906. The standard InChI is InChI=1S/C15H9F3INS2/c16-15(17,18)11-4-2-10(3-5-11)14-20-12-7-9(8-21-19)1-6-13(12)22-14/h1-7H,8H2. The van der Waals surface area contributed by atoms with Crippen molar-refractivity contribution in [1.29, 1.82) is 0 Å². The van der Waals surface area contributed by atoms with Crippen LogP contribution in [0.25, 0.3) is 20.8 Å². The zero-order valence-corrected chi connectivity index (χ0v) is 14.8. The third-order valence-corrected chi connectivity index (χ3v) is 5.59. The van der Waals surface area contributed by atoms with Gasteiger partial charge in [-0.25, -0.2) is 4.98 Å². The molecule has 0 aliphatic rings. The van der Waals surface area contributed by atoms with Gasteiger partial charge in [-0.2, -0.15) is 13.2 Å². The molecule has 0 N–H and O–H groups in total. The molecule has 0 fully saturated rings. The highest BCUT2D eigenvalue weighted by atomic mass is 127. The van der Waals surface area contributed by atoms with E-state index in [-0.39, 0.29) is 0 Å². The summed E-state index contributed by atoms with van der Waals surface area (Å²) in [5.41, 5.74) is 2.15. The quantitative estimate of drug-likeness (QED) is 0.418. The number of hydrogen-bond acceptors (Lipinski definition) is 3. The first-order valence-electron chi connectivity index (χ1n) is 6.28. The maximum atomic E-state index is 12.6. The number of thiazole rings is 1. The maximum Gasteiger partial charge on any atom is 0.416 e. The zero-order chi connectivity index (χ0) is 15.7. The molecule has 1 heterocycles. The molecule has 0 unspecified atom stereocenters. The number of rotatable bonds is 3. The molecule has 22 heavy (non-hydrogen) atoms. The van der Waals surface area contributed by atoms with Crippen LogP contribution in [0.5, 0.6) is 0 Å². The molecule has 114 valence electrons. The van der Waals surface area contributed by atoms with Gasteiger partial charge in [0.2, 0.25) is 0 Å². The van der Waals surface area contributed by atoms with Gasteiger partial charge in [0.25, 0.3) is 0 Å². The van der Waals surface area contributed by atoms with Crippen LogP contribution in [0, 0.1) is 0 Å². The monoisotopic (exact) mass is 451 g/mol. The van der Waals surface area contributed by atoms with Crippen molar-refractivity contribution in [2.75, 3.05) is 0 Å². The van der Waals surface area contributed by atoms with Crippen LogP contribution >= 0.6 is 41.5 Å². The predicted octanol–water partition coefficient (Wildman–Crippen LogP) is 6.57. The molecule has 1 aromatic heterocycles. The van der Waals surface area contributed by atoms with E-state index in [0.29, 0.717) is 5.56 Å². The number of nitrogens with zero attached hydrogens (tertiary/aromatic N) is 1. The third kappa shape index (κ3) is 3.41. The van der Waals surface area contributed by atoms with Gasteiger partial charge in [0.15, 0.2) is 0 Å². The van der Waals surface area contributed by atoms with Gasteiger partial charge in [0.1, 0.15) is 5.01 Å². The topological polar surface area (TPSA) is 12.9 Å². The van der Waals surface area contributed by atoms with Crippen molar-refractivity contribution in [2.24, 2.45) is 0 Å². The summed E-state index contributed by atoms with van der Waals surface area (Å²) in [6, 6.07) is 11.2. The summed E-state index contributed by atoms with van der Waals surface area (Å²) in [6.07, 6.45) is -4.31. The summed E-state index contributed by atoms with van der Waals surface area (Å²) >= 11 is 3.74. The van der Waals surface area contributed by atoms with E-state index in [4.69, 9.17) is 0 Å². The molecular weight excluding hydrogens is 442 g/mol. The first-order valence-corrected chi connectivity index (χ1v) is 10.6. The van der Waals surface area contributed by atoms with Crippen molar-refractivity contribution in [3.05, 3.63) is 53.6 Å². The zero-order valence-electron chi connectivity index (χ0n) is 11.0. The van der Waals surface area contributed by atoms with Crippen molar-refractivity contribution < 1.29 is 13.2 Å².